The summed E-state index contributed by atoms with van der Waals surface area (Å²) in [6.45, 7) is 5.41. The number of hydrogen-bond acceptors (Lipinski definition) is 9. The molecule has 0 radical (unpaired) electrons. The van der Waals surface area contributed by atoms with Crippen molar-refractivity contribution in [1.29, 1.82) is 0 Å². The topological polar surface area (TPSA) is 111 Å². The van der Waals surface area contributed by atoms with Crippen molar-refractivity contribution >= 4 is 49.8 Å². The van der Waals surface area contributed by atoms with Crippen LogP contribution >= 0.6 is 23.1 Å². The van der Waals surface area contributed by atoms with Crippen LogP contribution in [0.1, 0.15) is 19.4 Å². The molecule has 0 saturated heterocycles. The molecule has 0 bridgehead atoms. The van der Waals surface area contributed by atoms with Gasteiger partial charge >= 0.3 is 0 Å². The van der Waals surface area contributed by atoms with Gasteiger partial charge in [-0.1, -0.05) is 54.6 Å². The molecule has 0 saturated carbocycles. The number of methoxy groups -OCH3 is 2. The van der Waals surface area contributed by atoms with Crippen LogP contribution in [0.3, 0.4) is 0 Å². The standard InChI is InChI=1S/C22H26N4O5S3/c1-14(2)32-22-25-24-21(33-22)23-20(27)13-26(18-12-16(30-4)8-11-19(18)31-5)34(28,29)17-9-6-15(3)7-10-17/h6-12,14H,13H2,1-5H3,(H,23,24,27). The van der Waals surface area contributed by atoms with Gasteiger partial charge in [0.1, 0.15) is 18.0 Å². The van der Waals surface area contributed by atoms with Gasteiger partial charge in [-0.05, 0) is 31.2 Å². The van der Waals surface area contributed by atoms with Gasteiger partial charge in [-0.3, -0.25) is 14.4 Å². The first-order valence-corrected chi connectivity index (χ1v) is 13.4. The van der Waals surface area contributed by atoms with Gasteiger partial charge in [-0.15, -0.1) is 10.2 Å². The van der Waals surface area contributed by atoms with Crippen LogP contribution in [0.25, 0.3) is 0 Å². The highest BCUT2D eigenvalue weighted by molar-refractivity contribution is 8.01. The molecule has 0 spiro atoms. The van der Waals surface area contributed by atoms with Crippen LogP contribution in [-0.2, 0) is 14.8 Å². The molecular formula is C22H26N4O5S3. The van der Waals surface area contributed by atoms with Crippen LogP contribution in [0.15, 0.2) is 51.7 Å². The average Bonchev–Trinajstić information content (AvgIpc) is 3.22. The summed E-state index contributed by atoms with van der Waals surface area (Å²) in [7, 11) is -1.23. The Kier molecular flexibility index (Phi) is 8.39. The molecule has 0 fully saturated rings. The number of nitrogens with zero attached hydrogens (tertiary/aromatic N) is 3. The zero-order chi connectivity index (χ0) is 24.9. The Morgan fingerprint density at radius 3 is 2.44 bits per heavy atom. The highest BCUT2D eigenvalue weighted by atomic mass is 32.2. The van der Waals surface area contributed by atoms with E-state index < -0.39 is 22.5 Å². The number of amides is 1. The fourth-order valence-electron chi connectivity index (χ4n) is 2.93. The summed E-state index contributed by atoms with van der Waals surface area (Å²) in [6, 6.07) is 11.1. The summed E-state index contributed by atoms with van der Waals surface area (Å²) in [5.41, 5.74) is 1.08. The van der Waals surface area contributed by atoms with Crippen molar-refractivity contribution in [3.8, 4) is 11.5 Å². The number of rotatable bonds is 10. The molecule has 1 aromatic heterocycles. The van der Waals surface area contributed by atoms with Gasteiger partial charge in [0.15, 0.2) is 4.34 Å². The maximum absolute atomic E-state index is 13.6. The zero-order valence-corrected chi connectivity index (χ0v) is 21.9. The number of aryl methyl sites for hydroxylation is 1. The molecule has 1 heterocycles. The van der Waals surface area contributed by atoms with E-state index in [-0.39, 0.29) is 16.3 Å². The molecule has 0 aliphatic heterocycles. The lowest BCUT2D eigenvalue weighted by atomic mass is 10.2. The van der Waals surface area contributed by atoms with E-state index in [0.29, 0.717) is 20.5 Å². The van der Waals surface area contributed by atoms with Gasteiger partial charge < -0.3 is 9.47 Å². The van der Waals surface area contributed by atoms with Gasteiger partial charge in [0.05, 0.1) is 24.8 Å². The summed E-state index contributed by atoms with van der Waals surface area (Å²) in [4.78, 5) is 13.0. The summed E-state index contributed by atoms with van der Waals surface area (Å²) in [5.74, 6) is 0.119. The van der Waals surface area contributed by atoms with E-state index in [2.05, 4.69) is 15.5 Å². The summed E-state index contributed by atoms with van der Waals surface area (Å²) >= 11 is 2.75. The lowest BCUT2D eigenvalue weighted by Gasteiger charge is -2.26. The molecule has 1 amide bonds. The highest BCUT2D eigenvalue weighted by Gasteiger charge is 2.30. The number of carbonyl (C=O) groups is 1. The van der Waals surface area contributed by atoms with Crippen molar-refractivity contribution in [2.45, 2.75) is 35.3 Å². The van der Waals surface area contributed by atoms with Crippen molar-refractivity contribution in [3.63, 3.8) is 0 Å². The number of aromatic nitrogens is 2. The molecule has 2 aromatic carbocycles. The van der Waals surface area contributed by atoms with Gasteiger partial charge in [-0.2, -0.15) is 0 Å². The lowest BCUT2D eigenvalue weighted by Crippen LogP contribution is -2.38. The number of carbonyl (C=O) groups excluding carboxylic acids is 1. The van der Waals surface area contributed by atoms with Crippen molar-refractivity contribution in [2.75, 3.05) is 30.4 Å². The van der Waals surface area contributed by atoms with E-state index in [1.54, 1.807) is 24.3 Å². The fraction of sp³-hybridized carbons (Fsp3) is 0.318. The van der Waals surface area contributed by atoms with Crippen LogP contribution in [0.4, 0.5) is 10.8 Å². The maximum Gasteiger partial charge on any atom is 0.264 e. The summed E-state index contributed by atoms with van der Waals surface area (Å²) in [5, 5.41) is 11.3. The predicted octanol–water partition coefficient (Wildman–Crippen LogP) is 4.20. The Balaban J connectivity index is 1.98. The van der Waals surface area contributed by atoms with Gasteiger partial charge in [0, 0.05) is 11.3 Å². The second kappa shape index (κ2) is 11.1. The predicted molar refractivity (Wildman–Crippen MR) is 135 cm³/mol. The fourth-order valence-corrected chi connectivity index (χ4v) is 6.34. The molecule has 12 heteroatoms. The van der Waals surface area contributed by atoms with Crippen LogP contribution < -0.4 is 19.1 Å². The SMILES string of the molecule is COc1ccc(OC)c(N(CC(=O)Nc2nnc(SC(C)C)s2)S(=O)(=O)c2ccc(C)cc2)c1. The molecule has 0 aliphatic carbocycles. The molecule has 3 aromatic rings. The largest absolute Gasteiger partial charge is 0.497 e. The Morgan fingerprint density at radius 1 is 1.12 bits per heavy atom. The Labute approximate surface area is 207 Å². The maximum atomic E-state index is 13.6. The number of anilines is 2. The normalized spacial score (nSPS) is 11.4. The monoisotopic (exact) mass is 522 g/mol. The number of nitrogens with one attached hydrogen (secondary N) is 1. The molecule has 0 aliphatic rings. The van der Waals surface area contributed by atoms with E-state index >= 15 is 0 Å². The molecule has 0 unspecified atom stereocenters. The number of ether oxygens (including phenoxy) is 2. The van der Waals surface area contributed by atoms with E-state index in [4.69, 9.17) is 9.47 Å². The first-order chi connectivity index (χ1) is 16.1. The third kappa shape index (κ3) is 6.19. The van der Waals surface area contributed by atoms with Crippen molar-refractivity contribution in [3.05, 3.63) is 48.0 Å². The Bertz CT molecular complexity index is 1240. The van der Waals surface area contributed by atoms with Crippen LogP contribution in [-0.4, -0.2) is 50.5 Å². The minimum atomic E-state index is -4.13. The number of thioether (sulfide) groups is 1. The lowest BCUT2D eigenvalue weighted by molar-refractivity contribution is -0.114. The average molecular weight is 523 g/mol. The van der Waals surface area contributed by atoms with E-state index in [0.717, 1.165) is 9.87 Å². The van der Waals surface area contributed by atoms with Crippen LogP contribution in [0, 0.1) is 6.92 Å². The first kappa shape index (κ1) is 25.8. The van der Waals surface area contributed by atoms with Gasteiger partial charge in [0.2, 0.25) is 11.0 Å². The molecule has 3 rings (SSSR count). The van der Waals surface area contributed by atoms with Gasteiger partial charge in [0.25, 0.3) is 10.0 Å². The zero-order valence-electron chi connectivity index (χ0n) is 19.4. The highest BCUT2D eigenvalue weighted by Crippen LogP contribution is 2.36. The van der Waals surface area contributed by atoms with Crippen LogP contribution in [0.2, 0.25) is 0 Å². The molecule has 9 nitrogen and oxygen atoms in total. The molecular weight excluding hydrogens is 496 g/mol. The van der Waals surface area contributed by atoms with E-state index in [9.17, 15) is 13.2 Å². The third-order valence-corrected chi connectivity index (χ3v) is 8.24. The number of benzene rings is 2. The minimum absolute atomic E-state index is 0.0438. The smallest absolute Gasteiger partial charge is 0.264 e. The quantitative estimate of drug-likeness (QED) is 0.312. The molecule has 34 heavy (non-hydrogen) atoms. The molecule has 1 N–H and O–H groups in total. The van der Waals surface area contributed by atoms with E-state index in [1.807, 2.05) is 20.8 Å². The minimum Gasteiger partial charge on any atom is -0.497 e. The Morgan fingerprint density at radius 2 is 1.82 bits per heavy atom. The first-order valence-electron chi connectivity index (χ1n) is 10.3. The number of hydrogen-bond donors (Lipinski definition) is 1. The van der Waals surface area contributed by atoms with Crippen molar-refractivity contribution in [2.24, 2.45) is 0 Å². The van der Waals surface area contributed by atoms with Crippen molar-refractivity contribution < 1.29 is 22.7 Å². The summed E-state index contributed by atoms with van der Waals surface area (Å²) < 4.78 is 39.7. The number of sulfonamides is 1. The van der Waals surface area contributed by atoms with Gasteiger partial charge in [-0.25, -0.2) is 8.42 Å². The molecule has 0 atom stereocenters. The van der Waals surface area contributed by atoms with Crippen LogP contribution in [0.5, 0.6) is 11.5 Å². The molecule has 182 valence electrons. The second-order valence-corrected chi connectivity index (χ2v) is 12.1. The summed E-state index contributed by atoms with van der Waals surface area (Å²) in [6.07, 6.45) is 0. The van der Waals surface area contributed by atoms with E-state index in [1.165, 1.54) is 55.5 Å². The third-order valence-electron chi connectivity index (χ3n) is 4.54. The van der Waals surface area contributed by atoms with Crippen molar-refractivity contribution in [1.82, 2.24) is 10.2 Å². The second-order valence-electron chi connectivity index (χ2n) is 7.45. The Hall–Kier alpha value is -2.83.